The Labute approximate surface area is 436 Å². The summed E-state index contributed by atoms with van der Waals surface area (Å²) in [5.74, 6) is 0. The van der Waals surface area contributed by atoms with E-state index in [0.717, 1.165) is 64.6 Å². The third-order valence-electron chi connectivity index (χ3n) is 19.7. The normalized spacial score (nSPS) is 20.4. The van der Waals surface area contributed by atoms with Gasteiger partial charge in [0.1, 0.15) is 5.58 Å². The molecule has 369 valence electrons. The number of fused-ring (bicyclic) bond motifs is 11. The maximum atomic E-state index is 7.14. The average molecular weight is 958 g/mol. The number of benzene rings is 7. The summed E-state index contributed by atoms with van der Waals surface area (Å²) < 4.78 is 7.14. The van der Waals surface area contributed by atoms with Gasteiger partial charge in [-0.3, -0.25) is 0 Å². The summed E-state index contributed by atoms with van der Waals surface area (Å²) in [6.07, 6.45) is 7.02. The minimum absolute atomic E-state index is 0.0456. The third-order valence-corrected chi connectivity index (χ3v) is 19.7. The average Bonchev–Trinajstić information content (AvgIpc) is 3.84. The Bertz CT molecular complexity index is 3680. The summed E-state index contributed by atoms with van der Waals surface area (Å²) >= 11 is 0. The van der Waals surface area contributed by atoms with Gasteiger partial charge in [0.05, 0.1) is 5.69 Å². The van der Waals surface area contributed by atoms with Gasteiger partial charge in [-0.1, -0.05) is 169 Å². The molecule has 1 radical (unpaired) electrons. The predicted molar refractivity (Wildman–Crippen MR) is 312 cm³/mol. The molecule has 1 aliphatic heterocycles. The summed E-state index contributed by atoms with van der Waals surface area (Å²) in [6.45, 7) is 34.3. The minimum atomic E-state index is -0.305. The van der Waals surface area contributed by atoms with Gasteiger partial charge in [0.25, 0.3) is 0 Å². The molecular formula is C69H74BN2O. The Balaban J connectivity index is 1.14. The van der Waals surface area contributed by atoms with Crippen molar-refractivity contribution in [1.29, 1.82) is 0 Å². The molecule has 1 aromatic heterocycles. The van der Waals surface area contributed by atoms with E-state index in [0.29, 0.717) is 0 Å². The first-order valence-electron chi connectivity index (χ1n) is 27.6. The number of hydrogen-bond acceptors (Lipinski definition) is 3. The van der Waals surface area contributed by atoms with Gasteiger partial charge in [-0.15, -0.1) is 0 Å². The van der Waals surface area contributed by atoms with Gasteiger partial charge in [0, 0.05) is 44.5 Å². The second-order valence-corrected chi connectivity index (χ2v) is 27.6. The number of furan rings is 1. The first-order valence-corrected chi connectivity index (χ1v) is 27.6. The molecule has 0 spiro atoms. The molecule has 0 saturated heterocycles. The topological polar surface area (TPSA) is 28.4 Å². The Kier molecular flexibility index (Phi) is 9.66. The molecule has 0 fully saturated rings. The molecule has 2 heterocycles. The summed E-state index contributed by atoms with van der Waals surface area (Å²) in [7, 11) is 2.58. The van der Waals surface area contributed by atoms with E-state index in [4.69, 9.17) is 4.42 Å². The van der Waals surface area contributed by atoms with Crippen LogP contribution in [-0.4, -0.2) is 7.28 Å². The van der Waals surface area contributed by atoms with Crippen molar-refractivity contribution >= 4 is 68.6 Å². The number of nitrogens with zero attached hydrogens (tertiary/aromatic N) is 1. The quantitative estimate of drug-likeness (QED) is 0.178. The molecular weight excluding hydrogens is 884 g/mol. The standard InChI is InChI=1S/C69H74BN2O/c1-63(2)29-31-65(5,6)50-35-40(23-27-48(50)63)71-61-45(26-25-44-43-20-16-18-22-57(43)73-62(44)61)58-59-46(42-19-15-17-21-47(42)69(59,13)14)37-56-60(58)70-54-38-52-53(68(11,12)34-33-67(52,9)10)39-55(54)72(56)41-24-28-49-51(36-41)66(7,8)32-30-64(49,3)4/h15-28,35-39,71H,29-34H2,1-14H3. The Morgan fingerprint density at radius 1 is 0.452 bits per heavy atom. The van der Waals surface area contributed by atoms with Gasteiger partial charge in [-0.2, -0.15) is 0 Å². The molecule has 0 atom stereocenters. The largest absolute Gasteiger partial charge is 0.454 e. The molecule has 1 N–H and O–H groups in total. The summed E-state index contributed by atoms with van der Waals surface area (Å²) in [4.78, 5) is 2.68. The molecule has 0 unspecified atom stereocenters. The lowest BCUT2D eigenvalue weighted by atomic mass is 9.54. The van der Waals surface area contributed by atoms with E-state index in [1.54, 1.807) is 0 Å². The summed E-state index contributed by atoms with van der Waals surface area (Å²) in [6, 6.07) is 45.0. The van der Waals surface area contributed by atoms with Gasteiger partial charge in [0.15, 0.2) is 12.9 Å². The Hall–Kier alpha value is -6.00. The van der Waals surface area contributed by atoms with Crippen molar-refractivity contribution in [2.75, 3.05) is 10.2 Å². The van der Waals surface area contributed by atoms with Gasteiger partial charge >= 0.3 is 0 Å². The van der Waals surface area contributed by atoms with Crippen LogP contribution >= 0.6 is 0 Å². The monoisotopic (exact) mass is 958 g/mol. The van der Waals surface area contributed by atoms with Crippen LogP contribution in [-0.2, 0) is 37.9 Å². The van der Waals surface area contributed by atoms with Crippen molar-refractivity contribution in [3.63, 3.8) is 0 Å². The highest BCUT2D eigenvalue weighted by molar-refractivity contribution is 6.73. The SMILES string of the molecule is CC1(C)CCC(C)(C)c2cc(Nc3c(-c4c5c(cc6c4C(C)(C)c4ccccc4-6)N(c4ccc6c(c4)C(C)(C)CCC6(C)C)c4cc6c(cc4[B]5)C(C)(C)CCC6(C)C)ccc4c3oc3ccccc34)ccc21. The zero-order valence-electron chi connectivity index (χ0n) is 46.1. The van der Waals surface area contributed by atoms with Crippen LogP contribution in [0.5, 0.6) is 0 Å². The lowest BCUT2D eigenvalue weighted by molar-refractivity contribution is 0.332. The van der Waals surface area contributed by atoms with Gasteiger partial charge in [-0.05, 0) is 186 Å². The lowest BCUT2D eigenvalue weighted by Gasteiger charge is -2.45. The van der Waals surface area contributed by atoms with E-state index < -0.39 is 0 Å². The van der Waals surface area contributed by atoms with Crippen molar-refractivity contribution < 1.29 is 4.42 Å². The van der Waals surface area contributed by atoms with E-state index in [-0.39, 0.29) is 37.9 Å². The number of rotatable bonds is 4. The second kappa shape index (κ2) is 15.1. The van der Waals surface area contributed by atoms with Crippen LogP contribution in [0, 0.1) is 0 Å². The van der Waals surface area contributed by atoms with Crippen LogP contribution in [0.15, 0.2) is 120 Å². The summed E-state index contributed by atoms with van der Waals surface area (Å²) in [5, 5.41) is 6.44. The molecule has 8 aromatic rings. The molecule has 0 saturated carbocycles. The van der Waals surface area contributed by atoms with Crippen LogP contribution in [0.2, 0.25) is 0 Å². The van der Waals surface area contributed by atoms with Gasteiger partial charge in [0.2, 0.25) is 0 Å². The van der Waals surface area contributed by atoms with E-state index in [2.05, 4.69) is 230 Å². The fourth-order valence-electron chi connectivity index (χ4n) is 14.7. The third kappa shape index (κ3) is 6.76. The highest BCUT2D eigenvalue weighted by Gasteiger charge is 2.45. The van der Waals surface area contributed by atoms with Crippen LogP contribution in [0.25, 0.3) is 44.2 Å². The van der Waals surface area contributed by atoms with Crippen molar-refractivity contribution in [2.45, 2.75) is 173 Å². The lowest BCUT2D eigenvalue weighted by Crippen LogP contribution is -2.44. The molecule has 4 aliphatic carbocycles. The van der Waals surface area contributed by atoms with E-state index >= 15 is 0 Å². The van der Waals surface area contributed by atoms with Crippen LogP contribution in [0.4, 0.5) is 28.4 Å². The number of hydrogen-bond donors (Lipinski definition) is 1. The van der Waals surface area contributed by atoms with E-state index in [1.807, 2.05) is 0 Å². The fourth-order valence-corrected chi connectivity index (χ4v) is 14.7. The minimum Gasteiger partial charge on any atom is -0.454 e. The smallest absolute Gasteiger partial charge is 0.197 e. The zero-order valence-corrected chi connectivity index (χ0v) is 46.1. The van der Waals surface area contributed by atoms with E-state index in [9.17, 15) is 0 Å². The molecule has 13 rings (SSSR count). The maximum absolute atomic E-state index is 7.14. The van der Waals surface area contributed by atoms with Crippen molar-refractivity contribution in [3.05, 3.63) is 160 Å². The number of anilines is 5. The van der Waals surface area contributed by atoms with Crippen LogP contribution < -0.4 is 21.1 Å². The van der Waals surface area contributed by atoms with Crippen LogP contribution in [0.1, 0.15) is 180 Å². The Morgan fingerprint density at radius 2 is 1.01 bits per heavy atom. The first-order chi connectivity index (χ1) is 34.4. The van der Waals surface area contributed by atoms with Crippen molar-refractivity contribution in [2.24, 2.45) is 0 Å². The molecule has 3 nitrogen and oxygen atoms in total. The molecule has 4 heteroatoms. The molecule has 5 aliphatic rings. The van der Waals surface area contributed by atoms with Gasteiger partial charge in [-0.25, -0.2) is 0 Å². The van der Waals surface area contributed by atoms with Crippen molar-refractivity contribution in [3.8, 4) is 22.3 Å². The molecule has 7 aromatic carbocycles. The van der Waals surface area contributed by atoms with E-state index in [1.165, 1.54) is 102 Å². The first kappa shape index (κ1) is 46.8. The fraction of sp³-hybridized carbons (Fsp3) is 0.391. The van der Waals surface area contributed by atoms with Crippen molar-refractivity contribution in [1.82, 2.24) is 0 Å². The highest BCUT2D eigenvalue weighted by atomic mass is 16.3. The van der Waals surface area contributed by atoms with Gasteiger partial charge < -0.3 is 14.6 Å². The zero-order chi connectivity index (χ0) is 51.2. The predicted octanol–water partition coefficient (Wildman–Crippen LogP) is 17.8. The maximum Gasteiger partial charge on any atom is 0.197 e. The Morgan fingerprint density at radius 3 is 1.68 bits per heavy atom. The highest BCUT2D eigenvalue weighted by Crippen LogP contribution is 2.58. The molecule has 0 amide bonds. The number of nitrogens with one attached hydrogen (secondary N) is 1. The summed E-state index contributed by atoms with van der Waals surface area (Å²) in [5.41, 5.74) is 26.9. The molecule has 73 heavy (non-hydrogen) atoms. The number of para-hydroxylation sites is 1. The molecule has 0 bridgehead atoms. The van der Waals surface area contributed by atoms with Crippen LogP contribution in [0.3, 0.4) is 0 Å². The second-order valence-electron chi connectivity index (χ2n) is 27.6.